The number of alkyl halides is 3. The molecule has 186 valence electrons. The molecule has 3 aromatic rings. The quantitative estimate of drug-likeness (QED) is 0.424. The van der Waals surface area contributed by atoms with E-state index in [0.29, 0.717) is 0 Å². The van der Waals surface area contributed by atoms with E-state index in [2.05, 4.69) is 30.6 Å². The van der Waals surface area contributed by atoms with Gasteiger partial charge in [0.25, 0.3) is 0 Å². The maximum Gasteiger partial charge on any atom is 0.408 e. The van der Waals surface area contributed by atoms with E-state index in [0.717, 1.165) is 17.7 Å². The summed E-state index contributed by atoms with van der Waals surface area (Å²) in [5.41, 5.74) is 0.339. The van der Waals surface area contributed by atoms with E-state index >= 15 is 0 Å². The summed E-state index contributed by atoms with van der Waals surface area (Å²) in [7, 11) is -3.33. The molecule has 10 nitrogen and oxygen atoms in total. The molecule has 3 aromatic heterocycles. The van der Waals surface area contributed by atoms with Crippen molar-refractivity contribution < 1.29 is 26.7 Å². The normalized spacial score (nSPS) is 14.7. The molecule has 0 aromatic carbocycles. The molecule has 3 heterocycles. The Morgan fingerprint density at radius 3 is 2.41 bits per heavy atom. The van der Waals surface area contributed by atoms with Crippen LogP contribution in [0.15, 0.2) is 24.5 Å². The zero-order chi connectivity index (χ0) is 25.5. The van der Waals surface area contributed by atoms with Crippen LogP contribution >= 0.6 is 0 Å². The molecule has 0 amide bonds. The fraction of sp³-hybridized carbons (Fsp3) is 0.500. The lowest BCUT2D eigenvalue weighted by Gasteiger charge is -2.22. The van der Waals surface area contributed by atoms with Crippen LogP contribution in [-0.2, 0) is 9.84 Å². The Hall–Kier alpha value is -3.00. The van der Waals surface area contributed by atoms with Gasteiger partial charge < -0.3 is 20.3 Å². The van der Waals surface area contributed by atoms with Crippen molar-refractivity contribution in [3.8, 4) is 0 Å². The van der Waals surface area contributed by atoms with E-state index in [4.69, 9.17) is 0 Å². The van der Waals surface area contributed by atoms with Crippen LogP contribution in [0.3, 0.4) is 0 Å². The molecule has 2 atom stereocenters. The van der Waals surface area contributed by atoms with Gasteiger partial charge in [0, 0.05) is 25.1 Å². The molecule has 3 rings (SSSR count). The topological polar surface area (TPSA) is 135 Å². The lowest BCUT2D eigenvalue weighted by molar-refractivity contribution is -0.163. The third kappa shape index (κ3) is 5.38. The second-order valence-electron chi connectivity index (χ2n) is 8.57. The van der Waals surface area contributed by atoms with E-state index in [1.165, 1.54) is 31.5 Å². The summed E-state index contributed by atoms with van der Waals surface area (Å²) < 4.78 is 64.1. The fourth-order valence-electron chi connectivity index (χ4n) is 3.00. The number of halogens is 3. The Kier molecular flexibility index (Phi) is 6.77. The summed E-state index contributed by atoms with van der Waals surface area (Å²) in [6.45, 7) is 5.54. The molecule has 34 heavy (non-hydrogen) atoms. The number of fused-ring (bicyclic) bond motifs is 1. The highest BCUT2D eigenvalue weighted by Crippen LogP contribution is 2.35. The van der Waals surface area contributed by atoms with Crippen molar-refractivity contribution in [2.45, 2.75) is 50.8 Å². The van der Waals surface area contributed by atoms with Crippen LogP contribution in [0.25, 0.3) is 11.0 Å². The van der Waals surface area contributed by atoms with Gasteiger partial charge in [-0.15, -0.1) is 0 Å². The number of rotatable bonds is 8. The first kappa shape index (κ1) is 25.6. The highest BCUT2D eigenvalue weighted by molar-refractivity contribution is 7.92. The van der Waals surface area contributed by atoms with Crippen LogP contribution in [0.5, 0.6) is 0 Å². The Labute approximate surface area is 194 Å². The van der Waals surface area contributed by atoms with Crippen LogP contribution in [0.1, 0.15) is 45.7 Å². The molecule has 0 fully saturated rings. The molecule has 0 saturated carbocycles. The second-order valence-corrected chi connectivity index (χ2v) is 11.2. The van der Waals surface area contributed by atoms with Crippen molar-refractivity contribution in [3.05, 3.63) is 30.4 Å². The Balaban J connectivity index is 1.91. The van der Waals surface area contributed by atoms with Gasteiger partial charge in [-0.3, -0.25) is 0 Å². The number of sulfone groups is 1. The van der Waals surface area contributed by atoms with Crippen molar-refractivity contribution in [2.24, 2.45) is 0 Å². The van der Waals surface area contributed by atoms with E-state index in [1.54, 1.807) is 13.8 Å². The predicted octanol–water partition coefficient (Wildman–Crippen LogP) is 3.38. The summed E-state index contributed by atoms with van der Waals surface area (Å²) in [6, 6.07) is 0.985. The van der Waals surface area contributed by atoms with Gasteiger partial charge in [-0.25, -0.2) is 23.4 Å². The lowest BCUT2D eigenvalue weighted by atomic mass is 10.2. The van der Waals surface area contributed by atoms with E-state index in [9.17, 15) is 26.7 Å². The number of nitrogens with one attached hydrogen (secondary N) is 2. The first-order chi connectivity index (χ1) is 15.6. The molecule has 0 saturated heterocycles. The fourth-order valence-corrected chi connectivity index (χ4v) is 3.34. The number of hydrogen-bond donors (Lipinski definition) is 3. The van der Waals surface area contributed by atoms with Crippen molar-refractivity contribution in [1.29, 1.82) is 0 Å². The van der Waals surface area contributed by atoms with Crippen LogP contribution in [-0.4, -0.2) is 61.8 Å². The number of anilines is 3. The molecule has 0 radical (unpaired) electrons. The number of pyridine rings is 1. The molecule has 0 bridgehead atoms. The maximum absolute atomic E-state index is 13.5. The maximum atomic E-state index is 13.5. The highest BCUT2D eigenvalue weighted by atomic mass is 32.2. The summed E-state index contributed by atoms with van der Waals surface area (Å²) >= 11 is 0. The van der Waals surface area contributed by atoms with Crippen molar-refractivity contribution in [1.82, 2.24) is 24.5 Å². The molecule has 3 N–H and O–H groups in total. The van der Waals surface area contributed by atoms with Crippen LogP contribution < -0.4 is 10.6 Å². The van der Waals surface area contributed by atoms with Gasteiger partial charge in [0.05, 0.1) is 16.5 Å². The Bertz CT molecular complexity index is 1290. The summed E-state index contributed by atoms with van der Waals surface area (Å²) in [5.74, 6) is 0.518. The van der Waals surface area contributed by atoms with Crippen LogP contribution in [0.4, 0.5) is 30.8 Å². The SMILES string of the molecule is C[C@H](n1c([C@@H](C)O)nc2cnc(Nc3ccnc(NCC(C)(C)S(C)(=O)=O)n3)cc21)C(F)(F)F. The van der Waals surface area contributed by atoms with E-state index < -0.39 is 32.9 Å². The first-order valence-corrected chi connectivity index (χ1v) is 12.2. The molecule has 14 heteroatoms. The highest BCUT2D eigenvalue weighted by Gasteiger charge is 2.40. The largest absolute Gasteiger partial charge is 0.408 e. The van der Waals surface area contributed by atoms with Crippen LogP contribution in [0.2, 0.25) is 0 Å². The minimum atomic E-state index is -4.55. The average Bonchev–Trinajstić information content (AvgIpc) is 3.09. The average molecular weight is 502 g/mol. The molecular formula is C20H26F3N7O3S. The number of nitrogens with zero attached hydrogens (tertiary/aromatic N) is 5. The van der Waals surface area contributed by atoms with Gasteiger partial charge in [0.15, 0.2) is 9.84 Å². The number of aliphatic hydroxyl groups is 1. The summed E-state index contributed by atoms with van der Waals surface area (Å²) in [5, 5.41) is 15.7. The van der Waals surface area contributed by atoms with Gasteiger partial charge >= 0.3 is 6.18 Å². The molecular weight excluding hydrogens is 475 g/mol. The Morgan fingerprint density at radius 2 is 1.82 bits per heavy atom. The predicted molar refractivity (Wildman–Crippen MR) is 122 cm³/mol. The van der Waals surface area contributed by atoms with E-state index in [1.807, 2.05) is 0 Å². The van der Waals surface area contributed by atoms with Crippen molar-refractivity contribution >= 4 is 38.5 Å². The molecule has 0 unspecified atom stereocenters. The standard InChI is InChI=1S/C20H26F3N7O3S/c1-11(31)17-27-13-9-25-16(8-14(13)30(17)12(2)20(21,22)23)28-15-6-7-24-18(29-15)26-10-19(3,4)34(5,32)33/h6-9,11-12,31H,10H2,1-5H3,(H2,24,25,26,28,29)/t11-,12+/m1/s1. The number of imidazole rings is 1. The van der Waals surface area contributed by atoms with Crippen LogP contribution in [0, 0.1) is 0 Å². The minimum Gasteiger partial charge on any atom is -0.385 e. The Morgan fingerprint density at radius 1 is 1.15 bits per heavy atom. The van der Waals surface area contributed by atoms with E-state index in [-0.39, 0.29) is 41.0 Å². The molecule has 0 spiro atoms. The second kappa shape index (κ2) is 8.98. The molecule has 0 aliphatic rings. The van der Waals surface area contributed by atoms with Gasteiger partial charge in [0.1, 0.15) is 35.1 Å². The zero-order valence-electron chi connectivity index (χ0n) is 19.2. The number of aromatic nitrogens is 5. The molecule has 0 aliphatic heterocycles. The lowest BCUT2D eigenvalue weighted by Crippen LogP contribution is -2.38. The number of aliphatic hydroxyl groups excluding tert-OH is 1. The summed E-state index contributed by atoms with van der Waals surface area (Å²) in [4.78, 5) is 16.6. The summed E-state index contributed by atoms with van der Waals surface area (Å²) in [6.07, 6.45) is -1.90. The van der Waals surface area contributed by atoms with Gasteiger partial charge in [-0.1, -0.05) is 0 Å². The van der Waals surface area contributed by atoms with Gasteiger partial charge in [-0.05, 0) is 33.8 Å². The van der Waals surface area contributed by atoms with Gasteiger partial charge in [0.2, 0.25) is 5.95 Å². The molecule has 0 aliphatic carbocycles. The minimum absolute atomic E-state index is 0.0656. The zero-order valence-corrected chi connectivity index (χ0v) is 20.0. The number of hydrogen-bond acceptors (Lipinski definition) is 9. The monoisotopic (exact) mass is 501 g/mol. The third-order valence-electron chi connectivity index (χ3n) is 5.43. The smallest absolute Gasteiger partial charge is 0.385 e. The first-order valence-electron chi connectivity index (χ1n) is 10.3. The van der Waals surface area contributed by atoms with Crippen molar-refractivity contribution in [3.63, 3.8) is 0 Å². The third-order valence-corrected chi connectivity index (χ3v) is 7.58. The van der Waals surface area contributed by atoms with Gasteiger partial charge in [-0.2, -0.15) is 18.2 Å². The van der Waals surface area contributed by atoms with Crippen molar-refractivity contribution in [2.75, 3.05) is 23.4 Å².